The van der Waals surface area contributed by atoms with E-state index in [4.69, 9.17) is 4.98 Å². The van der Waals surface area contributed by atoms with Crippen LogP contribution in [0.5, 0.6) is 0 Å². The largest absolute Gasteiger partial charge is 0.368 e. The molecule has 0 spiro atoms. The molecule has 202 valence electrons. The Morgan fingerprint density at radius 2 is 1.84 bits per heavy atom. The second-order valence-corrected chi connectivity index (χ2v) is 11.0. The molecule has 1 saturated heterocycles. The maximum atomic E-state index is 13.8. The Balaban J connectivity index is 1.44. The van der Waals surface area contributed by atoms with Crippen LogP contribution < -0.4 is 15.8 Å². The summed E-state index contributed by atoms with van der Waals surface area (Å²) in [6, 6.07) is 4.85. The number of piperazine rings is 1. The van der Waals surface area contributed by atoms with Crippen LogP contribution in [-0.2, 0) is 0 Å². The molecule has 3 aromatic rings. The summed E-state index contributed by atoms with van der Waals surface area (Å²) in [5, 5.41) is 4.21. The summed E-state index contributed by atoms with van der Waals surface area (Å²) in [7, 11) is 0. The number of pyridine rings is 2. The molecule has 0 aromatic carbocycles. The second-order valence-electron chi connectivity index (χ2n) is 11.0. The van der Waals surface area contributed by atoms with Gasteiger partial charge >= 0.3 is 0 Å². The number of rotatable bonds is 7. The summed E-state index contributed by atoms with van der Waals surface area (Å²) >= 11 is 0. The molecule has 8 heteroatoms. The first-order chi connectivity index (χ1) is 18.4. The molecule has 1 N–H and O–H groups in total. The minimum atomic E-state index is 0.0637. The smallest absolute Gasteiger partial charge is 0.260 e. The molecule has 3 aromatic heterocycles. The second kappa shape index (κ2) is 11.2. The van der Waals surface area contributed by atoms with E-state index in [-0.39, 0.29) is 11.6 Å². The van der Waals surface area contributed by atoms with Gasteiger partial charge in [0.1, 0.15) is 11.5 Å². The molecule has 8 nitrogen and oxygen atoms in total. The van der Waals surface area contributed by atoms with Crippen molar-refractivity contribution in [2.75, 3.05) is 36.4 Å². The molecule has 0 radical (unpaired) electrons. The number of allylic oxidation sites excluding steroid dienone is 2. The van der Waals surface area contributed by atoms with Crippen LogP contribution in [0.4, 0.5) is 17.5 Å². The summed E-state index contributed by atoms with van der Waals surface area (Å²) in [5.74, 6) is 1.15. The molecule has 0 bridgehead atoms. The van der Waals surface area contributed by atoms with Crippen LogP contribution in [0.15, 0.2) is 35.4 Å². The fourth-order valence-electron chi connectivity index (χ4n) is 6.02. The van der Waals surface area contributed by atoms with Gasteiger partial charge in [0.05, 0.1) is 11.9 Å². The van der Waals surface area contributed by atoms with Crippen molar-refractivity contribution in [3.8, 4) is 0 Å². The first-order valence-electron chi connectivity index (χ1n) is 14.2. The van der Waals surface area contributed by atoms with Crippen molar-refractivity contribution in [3.63, 3.8) is 0 Å². The van der Waals surface area contributed by atoms with E-state index >= 15 is 0 Å². The van der Waals surface area contributed by atoms with Crippen LogP contribution in [0.2, 0.25) is 0 Å². The highest BCUT2D eigenvalue weighted by molar-refractivity contribution is 5.85. The normalized spacial score (nSPS) is 17.6. The molecular weight excluding hydrogens is 474 g/mol. The monoisotopic (exact) mass is 515 g/mol. The van der Waals surface area contributed by atoms with Gasteiger partial charge in [-0.3, -0.25) is 14.3 Å². The van der Waals surface area contributed by atoms with Crippen LogP contribution in [0.25, 0.3) is 16.6 Å². The summed E-state index contributed by atoms with van der Waals surface area (Å²) in [5.41, 5.74) is 4.68. The average Bonchev–Trinajstić information content (AvgIpc) is 3.44. The van der Waals surface area contributed by atoms with Gasteiger partial charge in [-0.15, -0.1) is 0 Å². The van der Waals surface area contributed by atoms with E-state index < -0.39 is 0 Å². The molecule has 1 aliphatic heterocycles. The third-order valence-electron chi connectivity index (χ3n) is 8.20. The number of hydrogen-bond acceptors (Lipinski definition) is 7. The number of aromatic nitrogens is 4. The molecular formula is C30H41N7O. The molecule has 5 rings (SSSR count). The highest BCUT2D eigenvalue weighted by Gasteiger charge is 2.25. The van der Waals surface area contributed by atoms with E-state index in [1.165, 1.54) is 0 Å². The highest BCUT2D eigenvalue weighted by atomic mass is 16.1. The lowest BCUT2D eigenvalue weighted by Crippen LogP contribution is -2.48. The van der Waals surface area contributed by atoms with Crippen molar-refractivity contribution in [3.05, 3.63) is 52.1 Å². The number of anilines is 3. The standard InChI is InChI=1S/C30H41N7O/c1-6-9-21(4)27-22(5)25-19-32-30(34-28(25)37(29(27)38)23-10-7-8-11-23)33-26-13-12-24(18-31-26)36-16-14-35(15-17-36)20(2)3/h9,12-13,18-20,23H,6-8,10-11,14-17H2,1-5H3,(H,31,32,33,34)/b21-9+. The van der Waals surface area contributed by atoms with Gasteiger partial charge in [-0.05, 0) is 70.2 Å². The lowest BCUT2D eigenvalue weighted by Gasteiger charge is -2.38. The Hall–Kier alpha value is -3.26. The predicted molar refractivity (Wildman–Crippen MR) is 156 cm³/mol. The van der Waals surface area contributed by atoms with E-state index in [9.17, 15) is 4.79 Å². The number of aryl methyl sites for hydroxylation is 1. The van der Waals surface area contributed by atoms with Crippen molar-refractivity contribution in [2.24, 2.45) is 0 Å². The van der Waals surface area contributed by atoms with Crippen LogP contribution in [-0.4, -0.2) is 56.6 Å². The SMILES string of the molecule is CC/C=C(\C)c1c(C)c2cnc(Nc3ccc(N4CCN(C(C)C)CC4)cn3)nc2n(C2CCCC2)c1=O. The van der Waals surface area contributed by atoms with E-state index in [2.05, 4.69) is 58.0 Å². The Kier molecular flexibility index (Phi) is 7.79. The third-order valence-corrected chi connectivity index (χ3v) is 8.20. The van der Waals surface area contributed by atoms with E-state index in [1.54, 1.807) is 0 Å². The molecule has 0 unspecified atom stereocenters. The van der Waals surface area contributed by atoms with Crippen molar-refractivity contribution >= 4 is 34.1 Å². The molecule has 4 heterocycles. The van der Waals surface area contributed by atoms with Gasteiger partial charge in [0.2, 0.25) is 5.95 Å². The Bertz CT molecular complexity index is 1360. The minimum absolute atomic E-state index is 0.0637. The van der Waals surface area contributed by atoms with E-state index in [0.29, 0.717) is 23.5 Å². The van der Waals surface area contributed by atoms with E-state index in [0.717, 1.165) is 86.1 Å². The molecule has 2 fully saturated rings. The lowest BCUT2D eigenvalue weighted by molar-refractivity contribution is 0.209. The number of fused-ring (bicyclic) bond motifs is 1. The third kappa shape index (κ3) is 5.19. The van der Waals surface area contributed by atoms with Crippen LogP contribution in [0.1, 0.15) is 77.0 Å². The number of nitrogens with zero attached hydrogens (tertiary/aromatic N) is 6. The topological polar surface area (TPSA) is 79.2 Å². The van der Waals surface area contributed by atoms with Crippen LogP contribution in [0, 0.1) is 6.92 Å². The zero-order valence-corrected chi connectivity index (χ0v) is 23.5. The number of nitrogens with one attached hydrogen (secondary N) is 1. The van der Waals surface area contributed by atoms with Crippen molar-refractivity contribution in [2.45, 2.75) is 78.8 Å². The van der Waals surface area contributed by atoms with Crippen LogP contribution >= 0.6 is 0 Å². The summed E-state index contributed by atoms with van der Waals surface area (Å²) in [4.78, 5) is 32.9. The zero-order valence-electron chi connectivity index (χ0n) is 23.5. The maximum Gasteiger partial charge on any atom is 0.260 e. The number of hydrogen-bond donors (Lipinski definition) is 1. The molecule has 38 heavy (non-hydrogen) atoms. The van der Waals surface area contributed by atoms with Gasteiger partial charge in [-0.2, -0.15) is 4.98 Å². The Morgan fingerprint density at radius 3 is 2.47 bits per heavy atom. The summed E-state index contributed by atoms with van der Waals surface area (Å²) in [6.07, 6.45) is 11.1. The highest BCUT2D eigenvalue weighted by Crippen LogP contribution is 2.33. The van der Waals surface area contributed by atoms with Crippen molar-refractivity contribution < 1.29 is 0 Å². The van der Waals surface area contributed by atoms with Gasteiger partial charge in [0.25, 0.3) is 5.56 Å². The molecule has 1 saturated carbocycles. The Morgan fingerprint density at radius 1 is 1.11 bits per heavy atom. The first kappa shape index (κ1) is 26.4. The fraction of sp³-hybridized carbons (Fsp3) is 0.533. The van der Waals surface area contributed by atoms with Gasteiger partial charge in [-0.1, -0.05) is 25.8 Å². The van der Waals surface area contributed by atoms with E-state index in [1.807, 2.05) is 36.9 Å². The van der Waals surface area contributed by atoms with Crippen molar-refractivity contribution in [1.29, 1.82) is 0 Å². The maximum absolute atomic E-state index is 13.8. The van der Waals surface area contributed by atoms with Crippen LogP contribution in [0.3, 0.4) is 0 Å². The predicted octanol–water partition coefficient (Wildman–Crippen LogP) is 5.70. The first-order valence-corrected chi connectivity index (χ1v) is 14.2. The minimum Gasteiger partial charge on any atom is -0.368 e. The zero-order chi connectivity index (χ0) is 26.8. The lowest BCUT2D eigenvalue weighted by atomic mass is 9.99. The van der Waals surface area contributed by atoms with Gasteiger partial charge < -0.3 is 10.2 Å². The van der Waals surface area contributed by atoms with Gasteiger partial charge in [0, 0.05) is 55.4 Å². The average molecular weight is 516 g/mol. The molecule has 1 aliphatic carbocycles. The van der Waals surface area contributed by atoms with Gasteiger partial charge in [-0.25, -0.2) is 9.97 Å². The molecule has 0 atom stereocenters. The molecule has 2 aliphatic rings. The molecule has 0 amide bonds. The Labute approximate surface area is 225 Å². The quantitative estimate of drug-likeness (QED) is 0.432. The fourth-order valence-corrected chi connectivity index (χ4v) is 6.02. The summed E-state index contributed by atoms with van der Waals surface area (Å²) in [6.45, 7) is 14.8. The summed E-state index contributed by atoms with van der Waals surface area (Å²) < 4.78 is 1.94. The van der Waals surface area contributed by atoms with Gasteiger partial charge in [0.15, 0.2) is 0 Å². The van der Waals surface area contributed by atoms with Crippen molar-refractivity contribution in [1.82, 2.24) is 24.4 Å².